The molecule has 0 aromatic heterocycles. The lowest BCUT2D eigenvalue weighted by molar-refractivity contribution is -0.154. The number of halogens is 1. The molecular weight excluding hydrogens is 336 g/mol. The van der Waals surface area contributed by atoms with Crippen molar-refractivity contribution >= 4 is 29.4 Å². The van der Waals surface area contributed by atoms with E-state index in [0.717, 1.165) is 0 Å². The summed E-state index contributed by atoms with van der Waals surface area (Å²) in [5, 5.41) is 0.496. The highest BCUT2D eigenvalue weighted by molar-refractivity contribution is 6.30. The smallest absolute Gasteiger partial charge is 0.344 e. The predicted molar refractivity (Wildman–Crippen MR) is 86.4 cm³/mol. The molecule has 7 nitrogen and oxygen atoms in total. The number of nitrogens with zero attached hydrogens (tertiary/aromatic N) is 1. The number of esters is 1. The molecule has 0 unspecified atom stereocenters. The monoisotopic (exact) mass is 354 g/mol. The number of ether oxygens (including phenoxy) is 2. The van der Waals surface area contributed by atoms with E-state index in [4.69, 9.17) is 26.8 Å². The van der Waals surface area contributed by atoms with E-state index < -0.39 is 5.97 Å². The van der Waals surface area contributed by atoms with E-state index in [0.29, 0.717) is 36.7 Å². The van der Waals surface area contributed by atoms with Gasteiger partial charge in [-0.25, -0.2) is 4.79 Å². The highest BCUT2D eigenvalue weighted by Crippen LogP contribution is 2.17. The van der Waals surface area contributed by atoms with E-state index in [1.54, 1.807) is 29.2 Å². The molecular formula is C16H19ClN2O5. The van der Waals surface area contributed by atoms with Gasteiger partial charge in [-0.2, -0.15) is 0 Å². The number of nitrogens with two attached hydrogens (primary N) is 1. The first-order chi connectivity index (χ1) is 11.5. The lowest BCUT2D eigenvalue weighted by atomic mass is 9.96. The minimum Gasteiger partial charge on any atom is -0.482 e. The number of primary amides is 1. The summed E-state index contributed by atoms with van der Waals surface area (Å²) in [6.45, 7) is 0.211. The maximum absolute atomic E-state index is 12.0. The lowest BCUT2D eigenvalue weighted by Gasteiger charge is -2.30. The summed E-state index contributed by atoms with van der Waals surface area (Å²) in [7, 11) is 0. The van der Waals surface area contributed by atoms with E-state index in [1.807, 2.05) is 0 Å². The summed E-state index contributed by atoms with van der Waals surface area (Å²) < 4.78 is 10.1. The molecule has 0 radical (unpaired) electrons. The van der Waals surface area contributed by atoms with Crippen LogP contribution < -0.4 is 10.5 Å². The standard InChI is InChI=1S/C16H19ClN2O5/c17-12-2-1-3-13(8-12)23-10-15(21)24-9-14(20)19-6-4-11(5-7-19)16(18)22/h1-3,8,11H,4-7,9-10H2,(H2,18,22). The molecule has 0 saturated carbocycles. The topological polar surface area (TPSA) is 98.9 Å². The first-order valence-corrected chi connectivity index (χ1v) is 7.94. The maximum Gasteiger partial charge on any atom is 0.344 e. The summed E-state index contributed by atoms with van der Waals surface area (Å²) in [5.41, 5.74) is 5.24. The van der Waals surface area contributed by atoms with E-state index in [9.17, 15) is 14.4 Å². The van der Waals surface area contributed by atoms with Crippen LogP contribution in [0.15, 0.2) is 24.3 Å². The van der Waals surface area contributed by atoms with Gasteiger partial charge in [0.25, 0.3) is 5.91 Å². The number of hydrogen-bond donors (Lipinski definition) is 1. The highest BCUT2D eigenvalue weighted by atomic mass is 35.5. The van der Waals surface area contributed by atoms with Gasteiger partial charge >= 0.3 is 5.97 Å². The highest BCUT2D eigenvalue weighted by Gasteiger charge is 2.26. The Kier molecular flexibility index (Phi) is 6.43. The fourth-order valence-electron chi connectivity index (χ4n) is 2.39. The number of hydrogen-bond acceptors (Lipinski definition) is 5. The van der Waals surface area contributed by atoms with Crippen LogP contribution in [0.5, 0.6) is 5.75 Å². The molecule has 1 saturated heterocycles. The van der Waals surface area contributed by atoms with Crippen LogP contribution in [0.1, 0.15) is 12.8 Å². The molecule has 1 aliphatic rings. The molecule has 1 aliphatic heterocycles. The fourth-order valence-corrected chi connectivity index (χ4v) is 2.57. The Balaban J connectivity index is 1.68. The third-order valence-electron chi connectivity index (χ3n) is 3.76. The van der Waals surface area contributed by atoms with Crippen molar-refractivity contribution in [3.05, 3.63) is 29.3 Å². The van der Waals surface area contributed by atoms with Crippen LogP contribution in [0.3, 0.4) is 0 Å². The minimum absolute atomic E-state index is 0.192. The van der Waals surface area contributed by atoms with Crippen molar-refractivity contribution < 1.29 is 23.9 Å². The van der Waals surface area contributed by atoms with Gasteiger partial charge in [-0.3, -0.25) is 9.59 Å². The fraction of sp³-hybridized carbons (Fsp3) is 0.438. The second-order valence-corrected chi connectivity index (χ2v) is 5.90. The van der Waals surface area contributed by atoms with Crippen molar-refractivity contribution in [2.24, 2.45) is 11.7 Å². The number of rotatable bonds is 6. The Morgan fingerprint density at radius 3 is 2.54 bits per heavy atom. The summed E-state index contributed by atoms with van der Waals surface area (Å²) in [4.78, 5) is 36.2. The maximum atomic E-state index is 12.0. The lowest BCUT2D eigenvalue weighted by Crippen LogP contribution is -2.43. The molecule has 130 valence electrons. The first-order valence-electron chi connectivity index (χ1n) is 7.57. The largest absolute Gasteiger partial charge is 0.482 e. The number of benzene rings is 1. The normalized spacial score (nSPS) is 15.0. The van der Waals surface area contributed by atoms with E-state index in [2.05, 4.69) is 0 Å². The van der Waals surface area contributed by atoms with Gasteiger partial charge in [0.15, 0.2) is 13.2 Å². The third-order valence-corrected chi connectivity index (χ3v) is 3.99. The number of carbonyl (C=O) groups is 3. The Hall–Kier alpha value is -2.28. The van der Waals surface area contributed by atoms with Gasteiger partial charge in [0.05, 0.1) is 0 Å². The molecule has 0 bridgehead atoms. The summed E-state index contributed by atoms with van der Waals surface area (Å²) in [6, 6.07) is 6.62. The molecule has 2 amide bonds. The summed E-state index contributed by atoms with van der Waals surface area (Å²) >= 11 is 5.80. The molecule has 1 aromatic carbocycles. The zero-order chi connectivity index (χ0) is 17.5. The number of likely N-dealkylation sites (tertiary alicyclic amines) is 1. The molecule has 0 aliphatic carbocycles. The van der Waals surface area contributed by atoms with Crippen molar-refractivity contribution in [1.82, 2.24) is 4.90 Å². The molecule has 1 fully saturated rings. The molecule has 2 N–H and O–H groups in total. The second kappa shape index (κ2) is 8.54. The zero-order valence-corrected chi connectivity index (χ0v) is 13.8. The molecule has 2 rings (SSSR count). The van der Waals surface area contributed by atoms with Gasteiger partial charge in [0, 0.05) is 24.0 Å². The van der Waals surface area contributed by atoms with Crippen molar-refractivity contribution in [2.75, 3.05) is 26.3 Å². The van der Waals surface area contributed by atoms with Crippen LogP contribution in [0.2, 0.25) is 5.02 Å². The minimum atomic E-state index is -0.643. The Morgan fingerprint density at radius 1 is 1.21 bits per heavy atom. The number of carbonyl (C=O) groups excluding carboxylic acids is 3. The first kappa shape index (κ1) is 18.1. The van der Waals surface area contributed by atoms with Crippen LogP contribution >= 0.6 is 11.6 Å². The average molecular weight is 355 g/mol. The van der Waals surface area contributed by atoms with Crippen LogP contribution in [0, 0.1) is 5.92 Å². The van der Waals surface area contributed by atoms with Crippen molar-refractivity contribution in [1.29, 1.82) is 0 Å². The van der Waals surface area contributed by atoms with Gasteiger partial charge in [-0.05, 0) is 31.0 Å². The van der Waals surface area contributed by atoms with Crippen LogP contribution in [0.4, 0.5) is 0 Å². The van der Waals surface area contributed by atoms with Gasteiger partial charge in [0.2, 0.25) is 5.91 Å². The molecule has 1 aromatic rings. The quantitative estimate of drug-likeness (QED) is 0.768. The average Bonchev–Trinajstić information content (AvgIpc) is 2.58. The van der Waals surface area contributed by atoms with Gasteiger partial charge in [0.1, 0.15) is 5.75 Å². The van der Waals surface area contributed by atoms with Crippen LogP contribution in [-0.2, 0) is 19.1 Å². The number of piperidine rings is 1. The molecule has 0 spiro atoms. The predicted octanol–water partition coefficient (Wildman–Crippen LogP) is 0.986. The van der Waals surface area contributed by atoms with Crippen molar-refractivity contribution in [3.8, 4) is 5.75 Å². The van der Waals surface area contributed by atoms with Crippen LogP contribution in [0.25, 0.3) is 0 Å². The van der Waals surface area contributed by atoms with Gasteiger partial charge in [-0.1, -0.05) is 17.7 Å². The van der Waals surface area contributed by atoms with E-state index in [1.165, 1.54) is 0 Å². The third kappa shape index (κ3) is 5.42. The Morgan fingerprint density at radius 2 is 1.92 bits per heavy atom. The Bertz CT molecular complexity index is 614. The van der Waals surface area contributed by atoms with Crippen molar-refractivity contribution in [2.45, 2.75) is 12.8 Å². The SMILES string of the molecule is NC(=O)C1CCN(C(=O)COC(=O)COc2cccc(Cl)c2)CC1. The van der Waals surface area contributed by atoms with Crippen LogP contribution in [-0.4, -0.2) is 49.0 Å². The van der Waals surface area contributed by atoms with Gasteiger partial charge < -0.3 is 20.1 Å². The van der Waals surface area contributed by atoms with Crippen molar-refractivity contribution in [3.63, 3.8) is 0 Å². The summed E-state index contributed by atoms with van der Waals surface area (Å²) in [5.74, 6) is -1.03. The zero-order valence-electron chi connectivity index (χ0n) is 13.1. The number of amides is 2. The molecule has 0 atom stereocenters. The van der Waals surface area contributed by atoms with E-state index in [-0.39, 0.29) is 30.9 Å². The molecule has 8 heteroatoms. The Labute approximate surface area is 144 Å². The second-order valence-electron chi connectivity index (χ2n) is 5.46. The van der Waals surface area contributed by atoms with Gasteiger partial charge in [-0.15, -0.1) is 0 Å². The summed E-state index contributed by atoms with van der Waals surface area (Å²) in [6.07, 6.45) is 1.07. The van der Waals surface area contributed by atoms with E-state index >= 15 is 0 Å². The molecule has 1 heterocycles. The molecule has 24 heavy (non-hydrogen) atoms.